The van der Waals surface area contributed by atoms with Crippen molar-refractivity contribution in [1.29, 1.82) is 0 Å². The van der Waals surface area contributed by atoms with Crippen LogP contribution in [0.5, 0.6) is 0 Å². The lowest BCUT2D eigenvalue weighted by Crippen LogP contribution is -2.45. The van der Waals surface area contributed by atoms with Crippen LogP contribution in [0.3, 0.4) is 0 Å². The van der Waals surface area contributed by atoms with Crippen molar-refractivity contribution in [1.82, 2.24) is 10.2 Å². The first-order chi connectivity index (χ1) is 13.3. The SMILES string of the molecule is O=C(NCC1CCN(C2CCSC2)CC1)C(=O)Nc1cccc(C(F)(F)F)c1. The Balaban J connectivity index is 1.42. The van der Waals surface area contributed by atoms with Gasteiger partial charge in [-0.05, 0) is 62.2 Å². The van der Waals surface area contributed by atoms with Crippen LogP contribution in [0.15, 0.2) is 24.3 Å². The summed E-state index contributed by atoms with van der Waals surface area (Å²) in [6.07, 6.45) is -1.33. The topological polar surface area (TPSA) is 61.4 Å². The summed E-state index contributed by atoms with van der Waals surface area (Å²) in [7, 11) is 0. The molecule has 2 amide bonds. The summed E-state index contributed by atoms with van der Waals surface area (Å²) in [5, 5.41) is 4.83. The molecule has 2 N–H and O–H groups in total. The van der Waals surface area contributed by atoms with Crippen LogP contribution in [0.1, 0.15) is 24.8 Å². The van der Waals surface area contributed by atoms with E-state index in [2.05, 4.69) is 15.5 Å². The molecule has 28 heavy (non-hydrogen) atoms. The lowest BCUT2D eigenvalue weighted by atomic mass is 9.95. The first kappa shape index (κ1) is 21.0. The number of benzene rings is 1. The number of thioether (sulfide) groups is 1. The summed E-state index contributed by atoms with van der Waals surface area (Å²) < 4.78 is 38.2. The molecule has 154 valence electrons. The van der Waals surface area contributed by atoms with Crippen LogP contribution in [0.4, 0.5) is 18.9 Å². The van der Waals surface area contributed by atoms with Crippen molar-refractivity contribution in [3.05, 3.63) is 29.8 Å². The second-order valence-corrected chi connectivity index (χ2v) is 8.39. The second-order valence-electron chi connectivity index (χ2n) is 7.24. The normalized spacial score (nSPS) is 21.5. The van der Waals surface area contributed by atoms with Gasteiger partial charge in [-0.3, -0.25) is 14.5 Å². The maximum Gasteiger partial charge on any atom is 0.416 e. The van der Waals surface area contributed by atoms with E-state index in [4.69, 9.17) is 0 Å². The zero-order valence-electron chi connectivity index (χ0n) is 15.4. The number of alkyl halides is 3. The zero-order valence-corrected chi connectivity index (χ0v) is 16.2. The summed E-state index contributed by atoms with van der Waals surface area (Å²) >= 11 is 1.99. The molecule has 0 radical (unpaired) electrons. The number of carbonyl (C=O) groups excluding carboxylic acids is 2. The number of nitrogens with one attached hydrogen (secondary N) is 2. The Morgan fingerprint density at radius 2 is 1.89 bits per heavy atom. The highest BCUT2D eigenvalue weighted by Gasteiger charge is 2.31. The standard InChI is InChI=1S/C19H24F3N3O2S/c20-19(21,22)14-2-1-3-15(10-14)24-18(27)17(26)23-11-13-4-7-25(8-5-13)16-6-9-28-12-16/h1-3,10,13,16H,4-9,11-12H2,(H,23,26)(H,24,27). The van der Waals surface area contributed by atoms with E-state index in [0.717, 1.165) is 38.1 Å². The van der Waals surface area contributed by atoms with Gasteiger partial charge in [-0.2, -0.15) is 24.9 Å². The molecule has 0 aromatic heterocycles. The number of likely N-dealkylation sites (tertiary alicyclic amines) is 1. The smallest absolute Gasteiger partial charge is 0.348 e. The van der Waals surface area contributed by atoms with E-state index in [1.54, 1.807) is 0 Å². The Bertz CT molecular complexity index is 700. The van der Waals surface area contributed by atoms with Gasteiger partial charge in [0.05, 0.1) is 5.56 Å². The fourth-order valence-electron chi connectivity index (χ4n) is 3.61. The number of carbonyl (C=O) groups is 2. The number of halogens is 3. The van der Waals surface area contributed by atoms with Gasteiger partial charge < -0.3 is 10.6 Å². The van der Waals surface area contributed by atoms with Gasteiger partial charge in [0.25, 0.3) is 0 Å². The van der Waals surface area contributed by atoms with Gasteiger partial charge in [-0.1, -0.05) is 6.07 Å². The highest BCUT2D eigenvalue weighted by molar-refractivity contribution is 7.99. The fourth-order valence-corrected chi connectivity index (χ4v) is 4.87. The molecule has 9 heteroatoms. The predicted octanol–water partition coefficient (Wildman–Crippen LogP) is 2.98. The van der Waals surface area contributed by atoms with Crippen molar-refractivity contribution < 1.29 is 22.8 Å². The summed E-state index contributed by atoms with van der Waals surface area (Å²) in [4.78, 5) is 26.5. The quantitative estimate of drug-likeness (QED) is 0.743. The second kappa shape index (κ2) is 9.17. The van der Waals surface area contributed by atoms with Crippen molar-refractivity contribution in [2.75, 3.05) is 36.5 Å². The Kier molecular flexibility index (Phi) is 6.87. The van der Waals surface area contributed by atoms with Gasteiger partial charge in [0, 0.05) is 24.0 Å². The molecule has 2 aliphatic rings. The number of nitrogens with zero attached hydrogens (tertiary/aromatic N) is 1. The third-order valence-corrected chi connectivity index (χ3v) is 6.42. The molecule has 0 aliphatic carbocycles. The Hall–Kier alpha value is -1.74. The van der Waals surface area contributed by atoms with E-state index in [1.165, 1.54) is 30.1 Å². The maximum absolute atomic E-state index is 12.7. The minimum atomic E-state index is -4.50. The average molecular weight is 415 g/mol. The Morgan fingerprint density at radius 3 is 2.54 bits per heavy atom. The number of hydrogen-bond donors (Lipinski definition) is 2. The van der Waals surface area contributed by atoms with Gasteiger partial charge >= 0.3 is 18.0 Å². The molecular weight excluding hydrogens is 391 g/mol. The molecule has 5 nitrogen and oxygen atoms in total. The first-order valence-electron chi connectivity index (χ1n) is 9.41. The van der Waals surface area contributed by atoms with Crippen molar-refractivity contribution in [3.8, 4) is 0 Å². The summed E-state index contributed by atoms with van der Waals surface area (Å²) in [6.45, 7) is 2.41. The predicted molar refractivity (Wildman–Crippen MR) is 103 cm³/mol. The van der Waals surface area contributed by atoms with E-state index < -0.39 is 23.6 Å². The van der Waals surface area contributed by atoms with Crippen LogP contribution in [-0.2, 0) is 15.8 Å². The molecule has 3 rings (SSSR count). The molecule has 1 unspecified atom stereocenters. The molecule has 2 fully saturated rings. The molecule has 1 aromatic rings. The summed E-state index contributed by atoms with van der Waals surface area (Å²) in [6, 6.07) is 4.89. The van der Waals surface area contributed by atoms with Gasteiger partial charge in [-0.15, -0.1) is 0 Å². The highest BCUT2D eigenvalue weighted by atomic mass is 32.2. The van der Waals surface area contributed by atoms with Gasteiger partial charge in [0.2, 0.25) is 0 Å². The van der Waals surface area contributed by atoms with E-state index in [1.807, 2.05) is 11.8 Å². The molecule has 2 aliphatic heterocycles. The van der Waals surface area contributed by atoms with Gasteiger partial charge in [-0.25, -0.2) is 0 Å². The number of piperidine rings is 1. The zero-order chi connectivity index (χ0) is 20.1. The van der Waals surface area contributed by atoms with E-state index in [-0.39, 0.29) is 5.69 Å². The fraction of sp³-hybridized carbons (Fsp3) is 0.579. The Morgan fingerprint density at radius 1 is 1.14 bits per heavy atom. The average Bonchev–Trinajstić information content (AvgIpc) is 3.21. The molecule has 0 spiro atoms. The number of anilines is 1. The van der Waals surface area contributed by atoms with Crippen LogP contribution in [0.2, 0.25) is 0 Å². The van der Waals surface area contributed by atoms with Crippen LogP contribution in [-0.4, -0.2) is 53.9 Å². The molecule has 2 saturated heterocycles. The van der Waals surface area contributed by atoms with Gasteiger partial charge in [0.15, 0.2) is 0 Å². The number of hydrogen-bond acceptors (Lipinski definition) is 4. The first-order valence-corrected chi connectivity index (χ1v) is 10.6. The third kappa shape index (κ3) is 5.64. The molecule has 0 bridgehead atoms. The largest absolute Gasteiger partial charge is 0.416 e. The van der Waals surface area contributed by atoms with Crippen molar-refractivity contribution in [2.45, 2.75) is 31.5 Å². The molecule has 2 heterocycles. The Labute approximate surface area is 166 Å². The minimum absolute atomic E-state index is 0.0577. The van der Waals surface area contributed by atoms with E-state index in [0.29, 0.717) is 18.5 Å². The van der Waals surface area contributed by atoms with E-state index >= 15 is 0 Å². The third-order valence-electron chi connectivity index (χ3n) is 5.28. The van der Waals surface area contributed by atoms with Crippen molar-refractivity contribution in [3.63, 3.8) is 0 Å². The van der Waals surface area contributed by atoms with Crippen LogP contribution < -0.4 is 10.6 Å². The van der Waals surface area contributed by atoms with Crippen molar-refractivity contribution >= 4 is 29.3 Å². The van der Waals surface area contributed by atoms with Crippen LogP contribution >= 0.6 is 11.8 Å². The van der Waals surface area contributed by atoms with Gasteiger partial charge in [0.1, 0.15) is 0 Å². The minimum Gasteiger partial charge on any atom is -0.348 e. The maximum atomic E-state index is 12.7. The van der Waals surface area contributed by atoms with E-state index in [9.17, 15) is 22.8 Å². The van der Waals surface area contributed by atoms with Crippen LogP contribution in [0.25, 0.3) is 0 Å². The lowest BCUT2D eigenvalue weighted by molar-refractivity contribution is -0.137. The highest BCUT2D eigenvalue weighted by Crippen LogP contribution is 2.30. The molecule has 0 saturated carbocycles. The summed E-state index contributed by atoms with van der Waals surface area (Å²) in [5.74, 6) is 0.945. The molecule has 1 atom stereocenters. The van der Waals surface area contributed by atoms with Crippen LogP contribution in [0, 0.1) is 5.92 Å². The molecule has 1 aromatic carbocycles. The number of rotatable bonds is 4. The lowest BCUT2D eigenvalue weighted by Gasteiger charge is -2.35. The number of amides is 2. The molecular formula is C19H24F3N3O2S. The summed E-state index contributed by atoms with van der Waals surface area (Å²) in [5.41, 5.74) is -0.934. The van der Waals surface area contributed by atoms with Crippen molar-refractivity contribution in [2.24, 2.45) is 5.92 Å². The monoisotopic (exact) mass is 415 g/mol.